The van der Waals surface area contributed by atoms with Gasteiger partial charge in [0.05, 0.1) is 11.9 Å². The Morgan fingerprint density at radius 2 is 1.52 bits per heavy atom. The Bertz CT molecular complexity index is 1420. The third-order valence-electron chi connectivity index (χ3n) is 7.07. The second-order valence-corrected chi connectivity index (χ2v) is 13.5. The smallest absolute Gasteiger partial charge is 0.244 e. The molecule has 42 heavy (non-hydrogen) atoms. The lowest BCUT2D eigenvalue weighted by molar-refractivity contribution is -0.140. The van der Waals surface area contributed by atoms with Gasteiger partial charge in [-0.1, -0.05) is 88.7 Å². The number of carbonyl (C=O) groups excluding carboxylic acids is 2. The first-order chi connectivity index (χ1) is 19.8. The molecule has 1 atom stereocenters. The van der Waals surface area contributed by atoms with Crippen LogP contribution in [0.4, 0.5) is 10.1 Å². The van der Waals surface area contributed by atoms with E-state index in [4.69, 9.17) is 0 Å². The quantitative estimate of drug-likeness (QED) is 0.267. The molecule has 3 aromatic rings. The van der Waals surface area contributed by atoms with Crippen LogP contribution < -0.4 is 9.62 Å². The normalized spacial score (nSPS) is 12.4. The molecule has 1 N–H and O–H groups in total. The third-order valence-corrected chi connectivity index (χ3v) is 8.21. The first-order valence-electron chi connectivity index (χ1n) is 14.2. The molecule has 7 nitrogen and oxygen atoms in total. The van der Waals surface area contributed by atoms with E-state index in [1.807, 2.05) is 49.4 Å². The summed E-state index contributed by atoms with van der Waals surface area (Å²) in [5, 5.41) is 2.95. The molecule has 226 valence electrons. The number of benzene rings is 3. The van der Waals surface area contributed by atoms with Gasteiger partial charge in [-0.15, -0.1) is 0 Å². The van der Waals surface area contributed by atoms with Crippen LogP contribution in [0.3, 0.4) is 0 Å². The number of unbranched alkanes of at least 4 members (excludes halogenated alkanes) is 1. The fourth-order valence-electron chi connectivity index (χ4n) is 4.59. The highest BCUT2D eigenvalue weighted by molar-refractivity contribution is 7.92. The minimum absolute atomic E-state index is 0.00161. The van der Waals surface area contributed by atoms with Crippen LogP contribution in [0.25, 0.3) is 0 Å². The summed E-state index contributed by atoms with van der Waals surface area (Å²) in [4.78, 5) is 29.1. The van der Waals surface area contributed by atoms with Gasteiger partial charge in [-0.2, -0.15) is 0 Å². The Labute approximate surface area is 249 Å². The first-order valence-corrected chi connectivity index (χ1v) is 16.1. The number of sulfonamides is 1. The van der Waals surface area contributed by atoms with Gasteiger partial charge in [0.25, 0.3) is 0 Å². The van der Waals surface area contributed by atoms with E-state index in [9.17, 15) is 22.4 Å². The molecule has 9 heteroatoms. The van der Waals surface area contributed by atoms with Gasteiger partial charge < -0.3 is 10.2 Å². The summed E-state index contributed by atoms with van der Waals surface area (Å²) in [5.41, 5.74) is 2.71. The highest BCUT2D eigenvalue weighted by Gasteiger charge is 2.33. The molecular weight excluding hydrogens is 553 g/mol. The van der Waals surface area contributed by atoms with E-state index in [1.54, 1.807) is 24.3 Å². The second kappa shape index (κ2) is 14.4. The third kappa shape index (κ3) is 9.41. The minimum Gasteiger partial charge on any atom is -0.354 e. The Kier molecular flexibility index (Phi) is 11.3. The molecule has 0 aliphatic carbocycles. The van der Waals surface area contributed by atoms with Crippen molar-refractivity contribution in [2.45, 2.75) is 65.0 Å². The summed E-state index contributed by atoms with van der Waals surface area (Å²) in [6.45, 7) is 8.16. The predicted molar refractivity (Wildman–Crippen MR) is 166 cm³/mol. The fraction of sp³-hybridized carbons (Fsp3) is 0.394. The number of anilines is 1. The average molecular weight is 596 g/mol. The Balaban J connectivity index is 2.02. The molecule has 3 rings (SSSR count). The summed E-state index contributed by atoms with van der Waals surface area (Å²) in [6, 6.07) is 21.2. The van der Waals surface area contributed by atoms with Crippen LogP contribution in [-0.4, -0.2) is 50.5 Å². The van der Waals surface area contributed by atoms with Gasteiger partial charge in [0.15, 0.2) is 0 Å². The highest BCUT2D eigenvalue weighted by Crippen LogP contribution is 2.26. The van der Waals surface area contributed by atoms with Crippen LogP contribution in [0.15, 0.2) is 78.9 Å². The molecule has 0 spiro atoms. The van der Waals surface area contributed by atoms with Crippen LogP contribution in [0.1, 0.15) is 57.2 Å². The number of rotatable bonds is 13. The van der Waals surface area contributed by atoms with Crippen molar-refractivity contribution in [1.82, 2.24) is 10.2 Å². The summed E-state index contributed by atoms with van der Waals surface area (Å²) in [5.74, 6) is -1.30. The molecule has 0 radical (unpaired) electrons. The SMILES string of the molecule is CCCCNC(=O)C(Cc1ccccc1)N(Cc1ccc(F)cc1)C(=O)CN(c1ccc(C(C)(C)C)cc1)S(C)(=O)=O. The maximum Gasteiger partial charge on any atom is 0.244 e. The maximum absolute atomic E-state index is 14.1. The Morgan fingerprint density at radius 1 is 0.905 bits per heavy atom. The summed E-state index contributed by atoms with van der Waals surface area (Å²) in [7, 11) is -3.86. The monoisotopic (exact) mass is 595 g/mol. The number of carbonyl (C=O) groups is 2. The predicted octanol–water partition coefficient (Wildman–Crippen LogP) is 5.45. The lowest BCUT2D eigenvalue weighted by Gasteiger charge is -2.33. The maximum atomic E-state index is 14.1. The molecule has 0 heterocycles. The number of halogens is 1. The van der Waals surface area contributed by atoms with Crippen molar-refractivity contribution in [3.8, 4) is 0 Å². The molecule has 1 unspecified atom stereocenters. The van der Waals surface area contributed by atoms with Gasteiger partial charge >= 0.3 is 0 Å². The van der Waals surface area contributed by atoms with Crippen molar-refractivity contribution >= 4 is 27.5 Å². The van der Waals surface area contributed by atoms with Gasteiger partial charge in [0, 0.05) is 19.5 Å². The van der Waals surface area contributed by atoms with E-state index in [0.717, 1.165) is 34.5 Å². The van der Waals surface area contributed by atoms with Crippen molar-refractivity contribution in [1.29, 1.82) is 0 Å². The molecule has 0 aliphatic rings. The number of hydrogen-bond acceptors (Lipinski definition) is 4. The van der Waals surface area contributed by atoms with Crippen molar-refractivity contribution in [3.05, 3.63) is 101 Å². The summed E-state index contributed by atoms with van der Waals surface area (Å²) < 4.78 is 40.7. The lowest BCUT2D eigenvalue weighted by atomic mass is 9.87. The van der Waals surface area contributed by atoms with Gasteiger partial charge in [0.1, 0.15) is 18.4 Å². The zero-order valence-electron chi connectivity index (χ0n) is 25.1. The average Bonchev–Trinajstić information content (AvgIpc) is 2.94. The molecular formula is C33H42FN3O4S. The van der Waals surface area contributed by atoms with Crippen molar-refractivity contribution in [2.24, 2.45) is 0 Å². The van der Waals surface area contributed by atoms with E-state index in [-0.39, 0.29) is 24.3 Å². The van der Waals surface area contributed by atoms with Gasteiger partial charge in [0.2, 0.25) is 21.8 Å². The Hall–Kier alpha value is -3.72. The largest absolute Gasteiger partial charge is 0.354 e. The van der Waals surface area contributed by atoms with E-state index in [2.05, 4.69) is 26.1 Å². The number of amides is 2. The van der Waals surface area contributed by atoms with Crippen molar-refractivity contribution < 1.29 is 22.4 Å². The topological polar surface area (TPSA) is 86.8 Å². The highest BCUT2D eigenvalue weighted by atomic mass is 32.2. The molecule has 0 aromatic heterocycles. The van der Waals surface area contributed by atoms with Crippen LogP contribution in [0, 0.1) is 5.82 Å². The fourth-order valence-corrected chi connectivity index (χ4v) is 5.44. The van der Waals surface area contributed by atoms with E-state index >= 15 is 0 Å². The molecule has 2 amide bonds. The molecule has 0 aliphatic heterocycles. The van der Waals surface area contributed by atoms with Gasteiger partial charge in [-0.3, -0.25) is 13.9 Å². The zero-order valence-corrected chi connectivity index (χ0v) is 26.0. The van der Waals surface area contributed by atoms with Crippen LogP contribution in [0.2, 0.25) is 0 Å². The van der Waals surface area contributed by atoms with Gasteiger partial charge in [-0.05, 0) is 52.8 Å². The number of hydrogen-bond donors (Lipinski definition) is 1. The van der Waals surface area contributed by atoms with Crippen molar-refractivity contribution in [2.75, 3.05) is 23.7 Å². The van der Waals surface area contributed by atoms with E-state index < -0.39 is 34.3 Å². The summed E-state index contributed by atoms with van der Waals surface area (Å²) >= 11 is 0. The lowest BCUT2D eigenvalue weighted by Crippen LogP contribution is -2.53. The minimum atomic E-state index is -3.86. The molecule has 0 saturated heterocycles. The molecule has 3 aromatic carbocycles. The van der Waals surface area contributed by atoms with Gasteiger partial charge in [-0.25, -0.2) is 12.8 Å². The first kappa shape index (κ1) is 32.8. The van der Waals surface area contributed by atoms with E-state index in [1.165, 1.54) is 17.0 Å². The molecule has 0 saturated carbocycles. The number of nitrogens with one attached hydrogen (secondary N) is 1. The van der Waals surface area contributed by atoms with Crippen LogP contribution in [-0.2, 0) is 38.0 Å². The zero-order chi connectivity index (χ0) is 30.9. The van der Waals surface area contributed by atoms with E-state index in [0.29, 0.717) is 17.8 Å². The summed E-state index contributed by atoms with van der Waals surface area (Å²) in [6.07, 6.45) is 2.95. The number of nitrogens with zero attached hydrogens (tertiary/aromatic N) is 2. The standard InChI is InChI=1S/C33H42FN3O4S/c1-6-7-21-35-32(39)30(22-25-11-9-8-10-12-25)36(23-26-13-17-28(34)18-14-26)31(38)24-37(42(5,40)41)29-19-15-27(16-20-29)33(2,3)4/h8-20,30H,6-7,21-24H2,1-5H3,(H,35,39). The second-order valence-electron chi connectivity index (χ2n) is 11.6. The van der Waals surface area contributed by atoms with Crippen molar-refractivity contribution in [3.63, 3.8) is 0 Å². The molecule has 0 bridgehead atoms. The molecule has 0 fully saturated rings. The van der Waals surface area contributed by atoms with Crippen LogP contribution >= 0.6 is 0 Å². The van der Waals surface area contributed by atoms with Crippen LogP contribution in [0.5, 0.6) is 0 Å². The Morgan fingerprint density at radius 3 is 2.07 bits per heavy atom.